The van der Waals surface area contributed by atoms with Gasteiger partial charge in [-0.1, -0.05) is 0 Å². The minimum absolute atomic E-state index is 0.0524. The van der Waals surface area contributed by atoms with Crippen LogP contribution in [0.25, 0.3) is 0 Å². The number of hydrogen-bond donors (Lipinski definition) is 1. The van der Waals surface area contributed by atoms with Gasteiger partial charge in [-0.05, 0) is 51.1 Å². The molecule has 0 saturated carbocycles. The number of ether oxygens (including phenoxy) is 1. The minimum atomic E-state index is -5.08. The van der Waals surface area contributed by atoms with Gasteiger partial charge in [-0.3, -0.25) is 9.69 Å². The van der Waals surface area contributed by atoms with Crippen molar-refractivity contribution in [3.63, 3.8) is 0 Å². The van der Waals surface area contributed by atoms with E-state index in [1.807, 2.05) is 35.4 Å². The predicted molar refractivity (Wildman–Crippen MR) is 113 cm³/mol. The number of likely N-dealkylation sites (tertiary alicyclic amines) is 1. The van der Waals surface area contributed by atoms with Crippen LogP contribution in [0.3, 0.4) is 0 Å². The molecule has 180 valence electrons. The van der Waals surface area contributed by atoms with E-state index in [9.17, 15) is 18.0 Å². The second kappa shape index (κ2) is 9.42. The summed E-state index contributed by atoms with van der Waals surface area (Å²) in [7, 11) is 3.82. The van der Waals surface area contributed by atoms with Gasteiger partial charge >= 0.3 is 12.1 Å². The van der Waals surface area contributed by atoms with Crippen LogP contribution in [0.5, 0.6) is 5.75 Å². The van der Waals surface area contributed by atoms with Crippen LogP contribution < -0.4 is 4.74 Å². The van der Waals surface area contributed by atoms with Crippen molar-refractivity contribution in [3.8, 4) is 5.75 Å². The molecule has 4 rings (SSSR count). The van der Waals surface area contributed by atoms with E-state index in [1.165, 1.54) is 11.5 Å². The quantitative estimate of drug-likeness (QED) is 0.729. The molecule has 0 radical (unpaired) electrons. The number of aromatic nitrogens is 2. The number of hydrogen-bond acceptors (Lipinski definition) is 5. The van der Waals surface area contributed by atoms with Crippen molar-refractivity contribution < 1.29 is 32.6 Å². The fourth-order valence-corrected chi connectivity index (χ4v) is 4.35. The highest BCUT2D eigenvalue weighted by atomic mass is 19.4. The number of carbonyl (C=O) groups excluding carboxylic acids is 1. The fourth-order valence-electron chi connectivity index (χ4n) is 4.35. The van der Waals surface area contributed by atoms with Crippen molar-refractivity contribution in [2.45, 2.75) is 38.0 Å². The van der Waals surface area contributed by atoms with Gasteiger partial charge in [0.15, 0.2) is 0 Å². The van der Waals surface area contributed by atoms with Gasteiger partial charge in [0.25, 0.3) is 5.91 Å². The van der Waals surface area contributed by atoms with Crippen LogP contribution in [0.1, 0.15) is 34.7 Å². The molecule has 0 atom stereocenters. The molecule has 1 aromatic carbocycles. The zero-order valence-corrected chi connectivity index (χ0v) is 18.7. The Morgan fingerprint density at radius 3 is 2.18 bits per heavy atom. The number of likely N-dealkylation sites (N-methyl/N-ethyl adjacent to an activating group) is 1. The van der Waals surface area contributed by atoms with Gasteiger partial charge in [-0.25, -0.2) is 9.78 Å². The highest BCUT2D eigenvalue weighted by Gasteiger charge is 2.46. The third-order valence-corrected chi connectivity index (χ3v) is 6.32. The average Bonchev–Trinajstić information content (AvgIpc) is 3.18. The Morgan fingerprint density at radius 2 is 1.67 bits per heavy atom. The van der Waals surface area contributed by atoms with Crippen LogP contribution in [0.15, 0.2) is 30.5 Å². The maximum atomic E-state index is 12.9. The third-order valence-electron chi connectivity index (χ3n) is 6.32. The van der Waals surface area contributed by atoms with Crippen molar-refractivity contribution in [1.29, 1.82) is 0 Å². The number of aliphatic carboxylic acids is 1. The van der Waals surface area contributed by atoms with Gasteiger partial charge in [0, 0.05) is 43.6 Å². The van der Waals surface area contributed by atoms with Gasteiger partial charge in [0.05, 0.1) is 12.6 Å². The molecule has 33 heavy (non-hydrogen) atoms. The maximum absolute atomic E-state index is 12.9. The fraction of sp³-hybridized carbons (Fsp3) is 0.500. The monoisotopic (exact) mass is 468 g/mol. The third kappa shape index (κ3) is 4.97. The summed E-state index contributed by atoms with van der Waals surface area (Å²) in [5, 5.41) is 7.12. The van der Waals surface area contributed by atoms with Gasteiger partial charge in [0.1, 0.15) is 11.6 Å². The summed E-state index contributed by atoms with van der Waals surface area (Å²) >= 11 is 0. The molecule has 2 aliphatic rings. The van der Waals surface area contributed by atoms with Crippen LogP contribution in [-0.2, 0) is 16.9 Å². The first kappa shape index (κ1) is 24.6. The van der Waals surface area contributed by atoms with Gasteiger partial charge in [-0.15, -0.1) is 0 Å². The number of halogens is 3. The van der Waals surface area contributed by atoms with Crippen molar-refractivity contribution in [2.75, 3.05) is 33.8 Å². The van der Waals surface area contributed by atoms with Crippen molar-refractivity contribution in [2.24, 2.45) is 0 Å². The number of nitrogens with zero attached hydrogens (tertiary/aromatic N) is 4. The van der Waals surface area contributed by atoms with Crippen LogP contribution in [0.2, 0.25) is 0 Å². The predicted octanol–water partition coefficient (Wildman–Crippen LogP) is 2.91. The number of methoxy groups -OCH3 is 1. The van der Waals surface area contributed by atoms with E-state index < -0.39 is 12.1 Å². The standard InChI is InChI=1S/C20H26N4O2.C2HF3O2/c1-15-14-21-19-20(22(2)12-13-24(15)19)8-10-23(11-9-20)18(25)16-4-6-17(26-3)7-5-16;3-2(4,5)1(6)7/h4-7,14H,8-13H2,1-3H3;(H,6,7). The average molecular weight is 468 g/mol. The molecule has 0 unspecified atom stereocenters. The van der Waals surface area contributed by atoms with E-state index >= 15 is 0 Å². The van der Waals surface area contributed by atoms with E-state index in [0.717, 1.165) is 50.3 Å². The van der Waals surface area contributed by atoms with Crippen LogP contribution in [-0.4, -0.2) is 76.3 Å². The number of carboxylic acids is 1. The molecule has 2 aliphatic heterocycles. The number of fused-ring (bicyclic) bond motifs is 2. The normalized spacial score (nSPS) is 17.7. The molecule has 0 bridgehead atoms. The topological polar surface area (TPSA) is 87.9 Å². The van der Waals surface area contributed by atoms with Gasteiger partial charge < -0.3 is 19.3 Å². The Hall–Kier alpha value is -3.08. The molecule has 2 aromatic rings. The lowest BCUT2D eigenvalue weighted by Crippen LogP contribution is -2.57. The number of alkyl halides is 3. The first-order valence-corrected chi connectivity index (χ1v) is 10.5. The number of imidazole rings is 1. The van der Waals surface area contributed by atoms with Crippen LogP contribution in [0.4, 0.5) is 13.2 Å². The van der Waals surface area contributed by atoms with E-state index in [2.05, 4.69) is 23.4 Å². The molecule has 3 heterocycles. The Bertz CT molecular complexity index is 996. The molecule has 1 spiro atoms. The van der Waals surface area contributed by atoms with Crippen molar-refractivity contribution in [1.82, 2.24) is 19.4 Å². The largest absolute Gasteiger partial charge is 0.497 e. The molecule has 1 amide bonds. The second-order valence-corrected chi connectivity index (χ2v) is 8.15. The Kier molecular flexibility index (Phi) is 7.01. The molecule has 1 aromatic heterocycles. The summed E-state index contributed by atoms with van der Waals surface area (Å²) in [6.07, 6.45) is -1.27. The SMILES string of the molecule is COc1ccc(C(=O)N2CCC3(CC2)c2ncc(C)n2CCN3C)cc1.O=C(O)C(F)(F)F. The minimum Gasteiger partial charge on any atom is -0.497 e. The van der Waals surface area contributed by atoms with Gasteiger partial charge in [0.2, 0.25) is 0 Å². The lowest BCUT2D eigenvalue weighted by molar-refractivity contribution is -0.192. The number of rotatable bonds is 2. The molecular weight excluding hydrogens is 441 g/mol. The Labute approximate surface area is 189 Å². The van der Waals surface area contributed by atoms with E-state index in [-0.39, 0.29) is 11.4 Å². The highest BCUT2D eigenvalue weighted by Crippen LogP contribution is 2.40. The molecule has 1 N–H and O–H groups in total. The first-order valence-electron chi connectivity index (χ1n) is 10.5. The van der Waals surface area contributed by atoms with Crippen molar-refractivity contribution >= 4 is 11.9 Å². The molecule has 0 aliphatic carbocycles. The number of piperidine rings is 1. The molecule has 8 nitrogen and oxygen atoms in total. The van der Waals surface area contributed by atoms with E-state index in [4.69, 9.17) is 19.6 Å². The lowest BCUT2D eigenvalue weighted by Gasteiger charge is -2.49. The lowest BCUT2D eigenvalue weighted by atomic mass is 9.83. The summed E-state index contributed by atoms with van der Waals surface area (Å²) in [5.41, 5.74) is 1.89. The first-order chi connectivity index (χ1) is 15.5. The molecule has 1 fully saturated rings. The zero-order chi connectivity index (χ0) is 24.4. The highest BCUT2D eigenvalue weighted by molar-refractivity contribution is 5.94. The van der Waals surface area contributed by atoms with Crippen LogP contribution >= 0.6 is 0 Å². The van der Waals surface area contributed by atoms with Crippen molar-refractivity contribution in [3.05, 3.63) is 47.5 Å². The van der Waals surface area contributed by atoms with E-state index in [0.29, 0.717) is 0 Å². The second-order valence-electron chi connectivity index (χ2n) is 8.15. The summed E-state index contributed by atoms with van der Waals surface area (Å²) in [5.74, 6) is -0.724. The number of benzene rings is 1. The molecular formula is C22H27F3N4O4. The van der Waals surface area contributed by atoms with Crippen LogP contribution in [0, 0.1) is 6.92 Å². The smallest absolute Gasteiger partial charge is 0.490 e. The number of aryl methyl sites for hydroxylation is 1. The van der Waals surface area contributed by atoms with Gasteiger partial charge in [-0.2, -0.15) is 13.2 Å². The number of carboxylic acid groups (broad SMARTS) is 1. The molecule has 11 heteroatoms. The molecule has 1 saturated heterocycles. The number of carbonyl (C=O) groups is 2. The Morgan fingerprint density at radius 1 is 1.09 bits per heavy atom. The summed E-state index contributed by atoms with van der Waals surface area (Å²) in [6.45, 7) is 5.64. The Balaban J connectivity index is 0.000000383. The summed E-state index contributed by atoms with van der Waals surface area (Å²) in [4.78, 5) is 30.9. The van der Waals surface area contributed by atoms with E-state index in [1.54, 1.807) is 7.11 Å². The summed E-state index contributed by atoms with van der Waals surface area (Å²) < 4.78 is 39.3. The summed E-state index contributed by atoms with van der Waals surface area (Å²) in [6, 6.07) is 7.36. The number of amides is 1. The maximum Gasteiger partial charge on any atom is 0.490 e. The zero-order valence-electron chi connectivity index (χ0n) is 18.7.